The molecule has 1 aromatic heterocycles. The molecule has 2 aromatic rings. The Kier molecular flexibility index (Phi) is 5.69. The normalized spacial score (nSPS) is 16.4. The van der Waals surface area contributed by atoms with Gasteiger partial charge in [-0.25, -0.2) is 0 Å². The third-order valence-electron chi connectivity index (χ3n) is 4.76. The molecule has 0 bridgehead atoms. The van der Waals surface area contributed by atoms with Crippen LogP contribution in [0.15, 0.2) is 40.9 Å². The average Bonchev–Trinajstić information content (AvgIpc) is 3.05. The maximum Gasteiger partial charge on any atom is 0.150 e. The van der Waals surface area contributed by atoms with Gasteiger partial charge >= 0.3 is 0 Å². The van der Waals surface area contributed by atoms with Crippen LogP contribution in [0.3, 0.4) is 0 Å². The van der Waals surface area contributed by atoms with E-state index in [4.69, 9.17) is 4.52 Å². The van der Waals surface area contributed by atoms with Gasteiger partial charge in [0.1, 0.15) is 0 Å². The molecule has 2 heterocycles. The SMILES string of the molecule is CC(C)(CNCc1cc(C2CCNCC2)no1)Cc1ccccc1. The van der Waals surface area contributed by atoms with Crippen LogP contribution < -0.4 is 10.6 Å². The van der Waals surface area contributed by atoms with E-state index in [1.807, 2.05) is 0 Å². The monoisotopic (exact) mass is 327 g/mol. The molecule has 1 aliphatic heterocycles. The van der Waals surface area contributed by atoms with Gasteiger partial charge in [0.25, 0.3) is 0 Å². The fourth-order valence-electron chi connectivity index (χ4n) is 3.46. The fourth-order valence-corrected chi connectivity index (χ4v) is 3.46. The lowest BCUT2D eigenvalue weighted by atomic mass is 9.85. The average molecular weight is 327 g/mol. The third-order valence-corrected chi connectivity index (χ3v) is 4.76. The van der Waals surface area contributed by atoms with Gasteiger partial charge in [-0.15, -0.1) is 0 Å². The second-order valence-electron chi connectivity index (χ2n) is 7.67. The van der Waals surface area contributed by atoms with Crippen LogP contribution >= 0.6 is 0 Å². The molecule has 0 amide bonds. The first kappa shape index (κ1) is 17.2. The second-order valence-corrected chi connectivity index (χ2v) is 7.67. The Morgan fingerprint density at radius 3 is 2.71 bits per heavy atom. The van der Waals surface area contributed by atoms with E-state index in [-0.39, 0.29) is 5.41 Å². The summed E-state index contributed by atoms with van der Waals surface area (Å²) in [6, 6.07) is 12.8. The Morgan fingerprint density at radius 1 is 1.21 bits per heavy atom. The fraction of sp³-hybridized carbons (Fsp3) is 0.550. The van der Waals surface area contributed by atoms with E-state index in [0.717, 1.165) is 56.9 Å². The Labute approximate surface area is 145 Å². The van der Waals surface area contributed by atoms with Crippen molar-refractivity contribution in [3.05, 3.63) is 53.4 Å². The number of rotatable bonds is 7. The summed E-state index contributed by atoms with van der Waals surface area (Å²) < 4.78 is 5.52. The lowest BCUT2D eigenvalue weighted by Crippen LogP contribution is -2.30. The van der Waals surface area contributed by atoms with Crippen LogP contribution in [-0.4, -0.2) is 24.8 Å². The number of nitrogens with one attached hydrogen (secondary N) is 2. The van der Waals surface area contributed by atoms with Crippen LogP contribution in [-0.2, 0) is 13.0 Å². The minimum Gasteiger partial charge on any atom is -0.360 e. The third kappa shape index (κ3) is 4.92. The van der Waals surface area contributed by atoms with Crippen LogP contribution in [0.1, 0.15) is 49.6 Å². The summed E-state index contributed by atoms with van der Waals surface area (Å²) in [6.45, 7) is 8.46. The van der Waals surface area contributed by atoms with E-state index in [1.54, 1.807) is 0 Å². The Morgan fingerprint density at radius 2 is 1.96 bits per heavy atom. The van der Waals surface area contributed by atoms with Gasteiger partial charge in [0.2, 0.25) is 0 Å². The number of hydrogen-bond donors (Lipinski definition) is 2. The predicted molar refractivity (Wildman–Crippen MR) is 97.0 cm³/mol. The summed E-state index contributed by atoms with van der Waals surface area (Å²) in [4.78, 5) is 0. The maximum absolute atomic E-state index is 5.52. The molecule has 24 heavy (non-hydrogen) atoms. The number of hydrogen-bond acceptors (Lipinski definition) is 4. The van der Waals surface area contributed by atoms with Crippen molar-refractivity contribution < 1.29 is 4.52 Å². The van der Waals surface area contributed by atoms with E-state index in [2.05, 4.69) is 66.0 Å². The van der Waals surface area contributed by atoms with E-state index < -0.39 is 0 Å². The highest BCUT2D eigenvalue weighted by Crippen LogP contribution is 2.25. The van der Waals surface area contributed by atoms with Crippen molar-refractivity contribution in [3.63, 3.8) is 0 Å². The standard InChI is InChI=1S/C20H29N3O/c1-20(2,13-16-6-4-3-5-7-16)15-22-14-18-12-19(23-24-18)17-8-10-21-11-9-17/h3-7,12,17,21-22H,8-11,13-15H2,1-2H3. The van der Waals surface area contributed by atoms with Crippen LogP contribution in [0.5, 0.6) is 0 Å². The van der Waals surface area contributed by atoms with Crippen molar-refractivity contribution in [3.8, 4) is 0 Å². The van der Waals surface area contributed by atoms with Gasteiger partial charge < -0.3 is 15.2 Å². The van der Waals surface area contributed by atoms with E-state index in [1.165, 1.54) is 5.56 Å². The van der Waals surface area contributed by atoms with Gasteiger partial charge in [-0.3, -0.25) is 0 Å². The molecule has 0 aliphatic carbocycles. The summed E-state index contributed by atoms with van der Waals surface area (Å²) >= 11 is 0. The zero-order valence-corrected chi connectivity index (χ0v) is 14.8. The smallest absolute Gasteiger partial charge is 0.150 e. The number of piperidine rings is 1. The number of aromatic nitrogens is 1. The first-order valence-corrected chi connectivity index (χ1v) is 9.03. The molecule has 1 saturated heterocycles. The molecule has 0 spiro atoms. The summed E-state index contributed by atoms with van der Waals surface area (Å²) in [6.07, 6.45) is 3.38. The molecule has 0 atom stereocenters. The molecule has 130 valence electrons. The van der Waals surface area contributed by atoms with Gasteiger partial charge in [-0.2, -0.15) is 0 Å². The lowest BCUT2D eigenvalue weighted by Gasteiger charge is -2.25. The van der Waals surface area contributed by atoms with E-state index in [9.17, 15) is 0 Å². The van der Waals surface area contributed by atoms with Crippen LogP contribution in [0.2, 0.25) is 0 Å². The molecule has 0 radical (unpaired) electrons. The molecule has 3 rings (SSSR count). The van der Waals surface area contributed by atoms with Gasteiger partial charge in [0, 0.05) is 18.5 Å². The molecule has 4 heteroatoms. The largest absolute Gasteiger partial charge is 0.360 e. The molecular weight excluding hydrogens is 298 g/mol. The van der Waals surface area contributed by atoms with Gasteiger partial charge in [-0.05, 0) is 43.3 Å². The molecule has 1 aromatic carbocycles. The summed E-state index contributed by atoms with van der Waals surface area (Å²) in [5, 5.41) is 11.2. The van der Waals surface area contributed by atoms with Crippen molar-refractivity contribution in [2.75, 3.05) is 19.6 Å². The predicted octanol–water partition coefficient (Wildman–Crippen LogP) is 3.50. The maximum atomic E-state index is 5.52. The molecule has 1 aliphatic rings. The minimum atomic E-state index is 0.208. The summed E-state index contributed by atoms with van der Waals surface area (Å²) in [5.41, 5.74) is 2.72. The zero-order valence-electron chi connectivity index (χ0n) is 14.8. The first-order valence-electron chi connectivity index (χ1n) is 9.03. The van der Waals surface area contributed by atoms with Crippen molar-refractivity contribution in [2.45, 2.75) is 45.6 Å². The van der Waals surface area contributed by atoms with Crippen molar-refractivity contribution in [1.29, 1.82) is 0 Å². The van der Waals surface area contributed by atoms with Crippen LogP contribution in [0.25, 0.3) is 0 Å². The number of benzene rings is 1. The minimum absolute atomic E-state index is 0.208. The molecule has 0 unspecified atom stereocenters. The lowest BCUT2D eigenvalue weighted by molar-refractivity contribution is 0.315. The topological polar surface area (TPSA) is 50.1 Å². The van der Waals surface area contributed by atoms with Crippen molar-refractivity contribution in [2.24, 2.45) is 5.41 Å². The molecule has 4 nitrogen and oxygen atoms in total. The van der Waals surface area contributed by atoms with E-state index >= 15 is 0 Å². The summed E-state index contributed by atoms with van der Waals surface area (Å²) in [7, 11) is 0. The Balaban J connectivity index is 1.46. The van der Waals surface area contributed by atoms with Crippen molar-refractivity contribution >= 4 is 0 Å². The highest BCUT2D eigenvalue weighted by Gasteiger charge is 2.20. The molecule has 1 fully saturated rings. The van der Waals surface area contributed by atoms with Crippen LogP contribution in [0, 0.1) is 5.41 Å². The van der Waals surface area contributed by atoms with Gasteiger partial charge in [-0.1, -0.05) is 49.3 Å². The first-order chi connectivity index (χ1) is 11.6. The van der Waals surface area contributed by atoms with Gasteiger partial charge in [0.15, 0.2) is 5.76 Å². The molecule has 2 N–H and O–H groups in total. The molecular formula is C20H29N3O. The highest BCUT2D eigenvalue weighted by atomic mass is 16.5. The van der Waals surface area contributed by atoms with Crippen LogP contribution in [0.4, 0.5) is 0 Å². The van der Waals surface area contributed by atoms with Crippen molar-refractivity contribution in [1.82, 2.24) is 15.8 Å². The highest BCUT2D eigenvalue weighted by molar-refractivity contribution is 5.16. The zero-order chi connectivity index (χ0) is 16.8. The van der Waals surface area contributed by atoms with E-state index in [0.29, 0.717) is 5.92 Å². The Bertz CT molecular complexity index is 615. The Hall–Kier alpha value is -1.65. The number of nitrogens with zero attached hydrogens (tertiary/aromatic N) is 1. The van der Waals surface area contributed by atoms with Gasteiger partial charge in [0.05, 0.1) is 12.2 Å². The second kappa shape index (κ2) is 7.95. The molecule has 0 saturated carbocycles. The quantitative estimate of drug-likeness (QED) is 0.817. The summed E-state index contributed by atoms with van der Waals surface area (Å²) in [5.74, 6) is 1.50.